The maximum absolute atomic E-state index is 6.14. The van der Waals surface area contributed by atoms with Crippen LogP contribution in [0.5, 0.6) is 5.75 Å². The summed E-state index contributed by atoms with van der Waals surface area (Å²) in [6, 6.07) is 16.8. The molecule has 0 bridgehead atoms. The zero-order chi connectivity index (χ0) is 13.9. The molecule has 2 heteroatoms. The van der Waals surface area contributed by atoms with Crippen molar-refractivity contribution in [2.75, 3.05) is 6.61 Å². The van der Waals surface area contributed by atoms with E-state index in [2.05, 4.69) is 37.3 Å². The smallest absolute Gasteiger partial charge is 0.124 e. The maximum Gasteiger partial charge on any atom is 0.124 e. The van der Waals surface area contributed by atoms with Gasteiger partial charge in [0.2, 0.25) is 0 Å². The molecule has 0 saturated carbocycles. The Balaban J connectivity index is 1.68. The average Bonchev–Trinajstić information content (AvgIpc) is 2.48. The number of hydrogen-bond acceptors (Lipinski definition) is 2. The molecule has 1 aliphatic rings. The van der Waals surface area contributed by atoms with Gasteiger partial charge in [-0.05, 0) is 30.0 Å². The van der Waals surface area contributed by atoms with E-state index in [9.17, 15) is 0 Å². The van der Waals surface area contributed by atoms with Crippen LogP contribution in [0.4, 0.5) is 0 Å². The van der Waals surface area contributed by atoms with Crippen LogP contribution in [0.2, 0.25) is 0 Å². The van der Waals surface area contributed by atoms with E-state index < -0.39 is 0 Å². The zero-order valence-electron chi connectivity index (χ0n) is 11.9. The van der Waals surface area contributed by atoms with E-state index in [-0.39, 0.29) is 6.04 Å². The standard InChI is InChI=1S/C18H21NO/c1-2-17(19)16-9-5-6-10-18(16)20-12-14-11-13-7-3-4-8-15(13)14/h3-10,14,17H,2,11-12,19H2,1H3/t14?,17-/m0/s1. The second kappa shape index (κ2) is 5.68. The molecule has 20 heavy (non-hydrogen) atoms. The van der Waals surface area contributed by atoms with Gasteiger partial charge in [0.05, 0.1) is 6.61 Å². The molecule has 104 valence electrons. The number of para-hydroxylation sites is 1. The number of nitrogens with two attached hydrogens (primary N) is 1. The van der Waals surface area contributed by atoms with Crippen LogP contribution in [0, 0.1) is 0 Å². The molecule has 2 aromatic carbocycles. The molecule has 0 spiro atoms. The van der Waals surface area contributed by atoms with Crippen LogP contribution in [0.1, 0.15) is 42.0 Å². The van der Waals surface area contributed by atoms with Crippen LogP contribution >= 0.6 is 0 Å². The topological polar surface area (TPSA) is 35.2 Å². The van der Waals surface area contributed by atoms with E-state index in [0.717, 1.165) is 30.8 Å². The molecule has 0 aromatic heterocycles. The molecule has 2 N–H and O–H groups in total. The van der Waals surface area contributed by atoms with Gasteiger partial charge in [-0.2, -0.15) is 0 Å². The van der Waals surface area contributed by atoms with Crippen molar-refractivity contribution < 1.29 is 4.74 Å². The molecule has 0 amide bonds. The molecule has 0 heterocycles. The van der Waals surface area contributed by atoms with Gasteiger partial charge >= 0.3 is 0 Å². The van der Waals surface area contributed by atoms with Gasteiger partial charge in [-0.15, -0.1) is 0 Å². The lowest BCUT2D eigenvalue weighted by Crippen LogP contribution is -2.23. The van der Waals surface area contributed by atoms with Crippen molar-refractivity contribution in [1.29, 1.82) is 0 Å². The SMILES string of the molecule is CC[C@H](N)c1ccccc1OCC1Cc2ccccc21. The van der Waals surface area contributed by atoms with E-state index in [0.29, 0.717) is 5.92 Å². The molecule has 0 fully saturated rings. The molecular formula is C18H21NO. The lowest BCUT2D eigenvalue weighted by Gasteiger charge is -2.30. The monoisotopic (exact) mass is 267 g/mol. The van der Waals surface area contributed by atoms with Gasteiger partial charge in [0.25, 0.3) is 0 Å². The summed E-state index contributed by atoms with van der Waals surface area (Å²) >= 11 is 0. The predicted molar refractivity (Wildman–Crippen MR) is 82.0 cm³/mol. The van der Waals surface area contributed by atoms with Crippen molar-refractivity contribution >= 4 is 0 Å². The highest BCUT2D eigenvalue weighted by atomic mass is 16.5. The first-order chi connectivity index (χ1) is 9.79. The molecule has 0 aliphatic heterocycles. The van der Waals surface area contributed by atoms with E-state index in [1.807, 2.05) is 18.2 Å². The average molecular weight is 267 g/mol. The van der Waals surface area contributed by atoms with Crippen LogP contribution < -0.4 is 10.5 Å². The lowest BCUT2D eigenvalue weighted by atomic mass is 9.78. The minimum atomic E-state index is 0.0554. The third kappa shape index (κ3) is 2.44. The highest BCUT2D eigenvalue weighted by molar-refractivity contribution is 5.41. The Labute approximate surface area is 120 Å². The summed E-state index contributed by atoms with van der Waals surface area (Å²) in [5.41, 5.74) is 10.2. The van der Waals surface area contributed by atoms with Gasteiger partial charge < -0.3 is 10.5 Å². The van der Waals surface area contributed by atoms with Crippen LogP contribution in [0.3, 0.4) is 0 Å². The van der Waals surface area contributed by atoms with Gasteiger partial charge in [-0.25, -0.2) is 0 Å². The summed E-state index contributed by atoms with van der Waals surface area (Å²) in [6.45, 7) is 2.84. The van der Waals surface area contributed by atoms with E-state index in [4.69, 9.17) is 10.5 Å². The van der Waals surface area contributed by atoms with E-state index >= 15 is 0 Å². The van der Waals surface area contributed by atoms with Gasteiger partial charge in [-0.3, -0.25) is 0 Å². The fourth-order valence-corrected chi connectivity index (χ4v) is 2.84. The fourth-order valence-electron chi connectivity index (χ4n) is 2.84. The van der Waals surface area contributed by atoms with Crippen LogP contribution in [0.25, 0.3) is 0 Å². The summed E-state index contributed by atoms with van der Waals surface area (Å²) in [4.78, 5) is 0. The Morgan fingerprint density at radius 2 is 1.90 bits per heavy atom. The summed E-state index contributed by atoms with van der Waals surface area (Å²) in [6.07, 6.45) is 2.05. The number of benzene rings is 2. The van der Waals surface area contributed by atoms with Crippen molar-refractivity contribution in [3.05, 3.63) is 65.2 Å². The molecule has 1 aliphatic carbocycles. The normalized spacial score (nSPS) is 18.0. The van der Waals surface area contributed by atoms with Crippen molar-refractivity contribution in [2.24, 2.45) is 5.73 Å². The minimum absolute atomic E-state index is 0.0554. The second-order valence-corrected chi connectivity index (χ2v) is 5.46. The number of rotatable bonds is 5. The van der Waals surface area contributed by atoms with Gasteiger partial charge in [-0.1, -0.05) is 49.4 Å². The molecule has 1 unspecified atom stereocenters. The van der Waals surface area contributed by atoms with E-state index in [1.165, 1.54) is 11.1 Å². The highest BCUT2D eigenvalue weighted by Gasteiger charge is 2.26. The maximum atomic E-state index is 6.14. The quantitative estimate of drug-likeness (QED) is 0.894. The van der Waals surface area contributed by atoms with Crippen molar-refractivity contribution in [2.45, 2.75) is 31.7 Å². The highest BCUT2D eigenvalue weighted by Crippen LogP contribution is 2.35. The fraction of sp³-hybridized carbons (Fsp3) is 0.333. The summed E-state index contributed by atoms with van der Waals surface area (Å²) < 4.78 is 6.04. The number of hydrogen-bond donors (Lipinski definition) is 1. The lowest BCUT2D eigenvalue weighted by molar-refractivity contribution is 0.271. The second-order valence-electron chi connectivity index (χ2n) is 5.46. The molecule has 0 radical (unpaired) electrons. The Kier molecular flexibility index (Phi) is 3.75. The largest absolute Gasteiger partial charge is 0.493 e. The molecule has 0 saturated heterocycles. The predicted octanol–water partition coefficient (Wildman–Crippen LogP) is 3.82. The Hall–Kier alpha value is -1.80. The molecular weight excluding hydrogens is 246 g/mol. The summed E-state index contributed by atoms with van der Waals surface area (Å²) in [7, 11) is 0. The number of ether oxygens (including phenoxy) is 1. The zero-order valence-corrected chi connectivity index (χ0v) is 11.9. The Morgan fingerprint density at radius 3 is 2.70 bits per heavy atom. The van der Waals surface area contributed by atoms with Gasteiger partial charge in [0.15, 0.2) is 0 Å². The number of fused-ring (bicyclic) bond motifs is 1. The molecule has 2 nitrogen and oxygen atoms in total. The van der Waals surface area contributed by atoms with Crippen molar-refractivity contribution in [3.8, 4) is 5.75 Å². The first-order valence-corrected chi connectivity index (χ1v) is 7.34. The molecule has 3 rings (SSSR count). The Morgan fingerprint density at radius 1 is 1.15 bits per heavy atom. The molecule has 2 aromatic rings. The van der Waals surface area contributed by atoms with Crippen LogP contribution in [-0.2, 0) is 6.42 Å². The first kappa shape index (κ1) is 13.2. The van der Waals surface area contributed by atoms with Crippen molar-refractivity contribution in [1.82, 2.24) is 0 Å². The van der Waals surface area contributed by atoms with Crippen molar-refractivity contribution in [3.63, 3.8) is 0 Å². The minimum Gasteiger partial charge on any atom is -0.493 e. The third-order valence-electron chi connectivity index (χ3n) is 4.16. The molecule has 2 atom stereocenters. The van der Waals surface area contributed by atoms with Crippen LogP contribution in [-0.4, -0.2) is 6.61 Å². The van der Waals surface area contributed by atoms with Gasteiger partial charge in [0.1, 0.15) is 5.75 Å². The summed E-state index contributed by atoms with van der Waals surface area (Å²) in [5, 5.41) is 0. The summed E-state index contributed by atoms with van der Waals surface area (Å²) in [5.74, 6) is 1.46. The Bertz CT molecular complexity index is 593. The first-order valence-electron chi connectivity index (χ1n) is 7.34. The van der Waals surface area contributed by atoms with Crippen LogP contribution in [0.15, 0.2) is 48.5 Å². The van der Waals surface area contributed by atoms with Gasteiger partial charge in [0, 0.05) is 17.5 Å². The van der Waals surface area contributed by atoms with E-state index in [1.54, 1.807) is 0 Å². The third-order valence-corrected chi connectivity index (χ3v) is 4.16.